The van der Waals surface area contributed by atoms with Crippen LogP contribution < -0.4 is 17.2 Å². The van der Waals surface area contributed by atoms with E-state index in [9.17, 15) is 0 Å². The lowest BCUT2D eigenvalue weighted by molar-refractivity contribution is 1.18. The van der Waals surface area contributed by atoms with Crippen molar-refractivity contribution < 1.29 is 0 Å². The summed E-state index contributed by atoms with van der Waals surface area (Å²) in [5.41, 5.74) is 24.6. The normalized spacial score (nSPS) is 10.6. The van der Waals surface area contributed by atoms with E-state index in [-0.39, 0.29) is 0 Å². The number of rotatable bonds is 2. The van der Waals surface area contributed by atoms with Crippen molar-refractivity contribution in [3.8, 4) is 0 Å². The SMILES string of the molecule is Cc1cccc(Cc2ccc(N)c(C)c2N)c1N. The lowest BCUT2D eigenvalue weighted by Crippen LogP contribution is -2.03. The van der Waals surface area contributed by atoms with Crippen LogP contribution in [0.15, 0.2) is 30.3 Å². The molecule has 18 heavy (non-hydrogen) atoms. The van der Waals surface area contributed by atoms with E-state index < -0.39 is 0 Å². The second kappa shape index (κ2) is 4.61. The van der Waals surface area contributed by atoms with Crippen LogP contribution in [0.4, 0.5) is 17.1 Å². The Balaban J connectivity index is 2.41. The second-order valence-corrected chi connectivity index (χ2v) is 4.68. The first-order chi connectivity index (χ1) is 8.50. The summed E-state index contributed by atoms with van der Waals surface area (Å²) < 4.78 is 0. The molecule has 6 N–H and O–H groups in total. The highest BCUT2D eigenvalue weighted by atomic mass is 14.6. The van der Waals surface area contributed by atoms with Crippen LogP contribution in [-0.4, -0.2) is 0 Å². The molecule has 0 atom stereocenters. The van der Waals surface area contributed by atoms with Crippen molar-refractivity contribution in [2.45, 2.75) is 20.3 Å². The zero-order chi connectivity index (χ0) is 13.3. The van der Waals surface area contributed by atoms with Crippen LogP contribution in [0.25, 0.3) is 0 Å². The van der Waals surface area contributed by atoms with Gasteiger partial charge in [-0.2, -0.15) is 0 Å². The monoisotopic (exact) mass is 241 g/mol. The van der Waals surface area contributed by atoms with Gasteiger partial charge >= 0.3 is 0 Å². The first kappa shape index (κ1) is 12.3. The molecule has 0 bridgehead atoms. The molecule has 0 aromatic heterocycles. The number of benzene rings is 2. The summed E-state index contributed by atoms with van der Waals surface area (Å²) in [6, 6.07) is 9.93. The summed E-state index contributed by atoms with van der Waals surface area (Å²) in [4.78, 5) is 0. The Bertz CT molecular complexity index is 589. The smallest absolute Gasteiger partial charge is 0.0400 e. The molecule has 2 rings (SSSR count). The quantitative estimate of drug-likeness (QED) is 0.707. The van der Waals surface area contributed by atoms with Crippen molar-refractivity contribution in [2.75, 3.05) is 17.2 Å². The van der Waals surface area contributed by atoms with Gasteiger partial charge in [-0.15, -0.1) is 0 Å². The molecule has 0 amide bonds. The molecular weight excluding hydrogens is 222 g/mol. The van der Waals surface area contributed by atoms with Crippen molar-refractivity contribution in [1.82, 2.24) is 0 Å². The molecule has 0 fully saturated rings. The highest BCUT2D eigenvalue weighted by molar-refractivity contribution is 5.66. The fourth-order valence-electron chi connectivity index (χ4n) is 2.06. The van der Waals surface area contributed by atoms with E-state index in [0.717, 1.165) is 45.7 Å². The third kappa shape index (κ3) is 2.12. The van der Waals surface area contributed by atoms with E-state index in [1.54, 1.807) is 0 Å². The minimum Gasteiger partial charge on any atom is -0.398 e. The summed E-state index contributed by atoms with van der Waals surface area (Å²) in [7, 11) is 0. The van der Waals surface area contributed by atoms with Crippen LogP contribution in [0.5, 0.6) is 0 Å². The first-order valence-electron chi connectivity index (χ1n) is 5.98. The number of para-hydroxylation sites is 1. The molecule has 0 heterocycles. The number of hydrogen-bond acceptors (Lipinski definition) is 3. The van der Waals surface area contributed by atoms with E-state index >= 15 is 0 Å². The molecule has 2 aromatic carbocycles. The first-order valence-corrected chi connectivity index (χ1v) is 5.98. The molecule has 2 aromatic rings. The number of nitrogen functional groups attached to an aromatic ring is 3. The molecule has 0 saturated carbocycles. The van der Waals surface area contributed by atoms with E-state index in [1.165, 1.54) is 0 Å². The minimum absolute atomic E-state index is 0.730. The van der Waals surface area contributed by atoms with Gasteiger partial charge in [0, 0.05) is 23.5 Å². The van der Waals surface area contributed by atoms with E-state index in [4.69, 9.17) is 17.2 Å². The summed E-state index contributed by atoms with van der Waals surface area (Å²) >= 11 is 0. The lowest BCUT2D eigenvalue weighted by Gasteiger charge is -2.13. The standard InChI is InChI=1S/C15H19N3/c1-9-4-3-5-11(14(9)17)8-12-6-7-13(16)10(2)15(12)18/h3-7H,8,16-18H2,1-2H3. The van der Waals surface area contributed by atoms with Gasteiger partial charge in [-0.3, -0.25) is 0 Å². The fourth-order valence-corrected chi connectivity index (χ4v) is 2.06. The van der Waals surface area contributed by atoms with Crippen molar-refractivity contribution in [1.29, 1.82) is 0 Å². The molecule has 0 aliphatic carbocycles. The topological polar surface area (TPSA) is 78.1 Å². The van der Waals surface area contributed by atoms with Gasteiger partial charge in [0.1, 0.15) is 0 Å². The Morgan fingerprint density at radius 1 is 0.833 bits per heavy atom. The van der Waals surface area contributed by atoms with Crippen molar-refractivity contribution in [3.05, 3.63) is 52.6 Å². The highest BCUT2D eigenvalue weighted by Crippen LogP contribution is 2.27. The van der Waals surface area contributed by atoms with E-state index in [1.807, 2.05) is 44.2 Å². The van der Waals surface area contributed by atoms with Crippen LogP contribution in [0.1, 0.15) is 22.3 Å². The minimum atomic E-state index is 0.730. The maximum atomic E-state index is 6.10. The third-order valence-electron chi connectivity index (χ3n) is 3.44. The maximum absolute atomic E-state index is 6.10. The average molecular weight is 241 g/mol. The van der Waals surface area contributed by atoms with Crippen molar-refractivity contribution >= 4 is 17.1 Å². The fraction of sp³-hybridized carbons (Fsp3) is 0.200. The zero-order valence-electron chi connectivity index (χ0n) is 10.8. The van der Waals surface area contributed by atoms with E-state index in [2.05, 4.69) is 0 Å². The van der Waals surface area contributed by atoms with E-state index in [0.29, 0.717) is 0 Å². The van der Waals surface area contributed by atoms with Gasteiger partial charge in [-0.05, 0) is 42.2 Å². The van der Waals surface area contributed by atoms with Gasteiger partial charge in [0.25, 0.3) is 0 Å². The van der Waals surface area contributed by atoms with Gasteiger partial charge in [0.2, 0.25) is 0 Å². The summed E-state index contributed by atoms with van der Waals surface area (Å²) in [6.07, 6.45) is 0.737. The predicted molar refractivity (Wildman–Crippen MR) is 78.4 cm³/mol. The largest absolute Gasteiger partial charge is 0.398 e. The molecule has 0 spiro atoms. The molecular formula is C15H19N3. The molecule has 3 heteroatoms. The average Bonchev–Trinajstić information content (AvgIpc) is 2.35. The number of nitrogens with two attached hydrogens (primary N) is 3. The highest BCUT2D eigenvalue weighted by Gasteiger charge is 2.08. The zero-order valence-corrected chi connectivity index (χ0v) is 10.8. The molecule has 0 unspecified atom stereocenters. The Morgan fingerprint density at radius 2 is 1.50 bits per heavy atom. The van der Waals surface area contributed by atoms with Crippen molar-refractivity contribution in [2.24, 2.45) is 0 Å². The molecule has 0 aliphatic heterocycles. The third-order valence-corrected chi connectivity index (χ3v) is 3.44. The van der Waals surface area contributed by atoms with Crippen LogP contribution in [0.2, 0.25) is 0 Å². The van der Waals surface area contributed by atoms with Crippen LogP contribution in [0, 0.1) is 13.8 Å². The predicted octanol–water partition coefficient (Wildman–Crippen LogP) is 2.64. The van der Waals surface area contributed by atoms with Crippen molar-refractivity contribution in [3.63, 3.8) is 0 Å². The molecule has 0 radical (unpaired) electrons. The summed E-state index contributed by atoms with van der Waals surface area (Å²) in [5, 5.41) is 0. The van der Waals surface area contributed by atoms with Gasteiger partial charge in [0.15, 0.2) is 0 Å². The molecule has 0 aliphatic rings. The summed E-state index contributed by atoms with van der Waals surface area (Å²) in [6.45, 7) is 3.95. The van der Waals surface area contributed by atoms with Gasteiger partial charge < -0.3 is 17.2 Å². The molecule has 0 saturated heterocycles. The Labute approximate surface area is 108 Å². The Kier molecular flexibility index (Phi) is 3.15. The number of hydrogen-bond donors (Lipinski definition) is 3. The number of anilines is 3. The maximum Gasteiger partial charge on any atom is 0.0400 e. The van der Waals surface area contributed by atoms with Crippen LogP contribution >= 0.6 is 0 Å². The molecule has 3 nitrogen and oxygen atoms in total. The molecule has 94 valence electrons. The van der Waals surface area contributed by atoms with Crippen LogP contribution in [0.3, 0.4) is 0 Å². The van der Waals surface area contributed by atoms with Crippen LogP contribution in [-0.2, 0) is 6.42 Å². The Morgan fingerprint density at radius 3 is 2.22 bits per heavy atom. The number of aryl methyl sites for hydroxylation is 1. The van der Waals surface area contributed by atoms with Gasteiger partial charge in [-0.1, -0.05) is 24.3 Å². The summed E-state index contributed by atoms with van der Waals surface area (Å²) in [5.74, 6) is 0. The second-order valence-electron chi connectivity index (χ2n) is 4.68. The Hall–Kier alpha value is -2.16. The lowest BCUT2D eigenvalue weighted by atomic mass is 9.97. The van der Waals surface area contributed by atoms with Gasteiger partial charge in [-0.25, -0.2) is 0 Å². The van der Waals surface area contributed by atoms with Gasteiger partial charge in [0.05, 0.1) is 0 Å².